The zero-order valence-corrected chi connectivity index (χ0v) is 20.3. The topological polar surface area (TPSA) is 61.9 Å². The summed E-state index contributed by atoms with van der Waals surface area (Å²) in [6, 6.07) is 18.9. The first kappa shape index (κ1) is 23.8. The second kappa shape index (κ2) is 10.7. The molecular weight excluding hydrogens is 501 g/mol. The molecule has 3 aromatic rings. The first-order chi connectivity index (χ1) is 16.5. The molecule has 34 heavy (non-hydrogen) atoms. The summed E-state index contributed by atoms with van der Waals surface area (Å²) in [6.07, 6.45) is 0. The van der Waals surface area contributed by atoms with Crippen molar-refractivity contribution in [3.63, 3.8) is 0 Å². The van der Waals surface area contributed by atoms with E-state index in [0.29, 0.717) is 49.8 Å². The van der Waals surface area contributed by atoms with Crippen molar-refractivity contribution in [2.45, 2.75) is 6.92 Å². The normalized spacial score (nSPS) is 13.5. The van der Waals surface area contributed by atoms with Crippen LogP contribution in [0.25, 0.3) is 0 Å². The van der Waals surface area contributed by atoms with Crippen LogP contribution in [-0.2, 0) is 0 Å². The van der Waals surface area contributed by atoms with Crippen LogP contribution in [0.4, 0.5) is 15.8 Å². The number of nitrogens with one attached hydrogen (secondary N) is 1. The molecule has 0 atom stereocenters. The second-order valence-electron chi connectivity index (χ2n) is 7.84. The van der Waals surface area contributed by atoms with Crippen molar-refractivity contribution >= 4 is 39.1 Å². The maximum absolute atomic E-state index is 13.9. The van der Waals surface area contributed by atoms with Crippen molar-refractivity contribution in [2.24, 2.45) is 0 Å². The number of carbonyl (C=O) groups excluding carboxylic acids is 2. The van der Waals surface area contributed by atoms with Gasteiger partial charge in [0.2, 0.25) is 0 Å². The van der Waals surface area contributed by atoms with Crippen LogP contribution in [0.2, 0.25) is 0 Å². The predicted octanol–water partition coefficient (Wildman–Crippen LogP) is 5.20. The molecule has 1 saturated heterocycles. The molecule has 1 heterocycles. The number of amides is 2. The Hall–Kier alpha value is -3.39. The number of hydrogen-bond donors (Lipinski definition) is 1. The molecule has 1 aliphatic heterocycles. The number of piperazine rings is 1. The zero-order valence-electron chi connectivity index (χ0n) is 18.8. The van der Waals surface area contributed by atoms with Gasteiger partial charge in [0.05, 0.1) is 16.6 Å². The number of hydrogen-bond acceptors (Lipinski definition) is 4. The van der Waals surface area contributed by atoms with Gasteiger partial charge in [-0.3, -0.25) is 9.59 Å². The summed E-state index contributed by atoms with van der Waals surface area (Å²) in [6.45, 7) is 4.77. The maximum Gasteiger partial charge on any atom is 0.256 e. The van der Waals surface area contributed by atoms with E-state index >= 15 is 0 Å². The molecule has 0 aliphatic carbocycles. The van der Waals surface area contributed by atoms with Crippen molar-refractivity contribution in [1.82, 2.24) is 4.90 Å². The Balaban J connectivity index is 1.33. The van der Waals surface area contributed by atoms with Crippen molar-refractivity contribution in [3.05, 3.63) is 88.1 Å². The Bertz CT molecular complexity index is 1180. The molecule has 6 nitrogen and oxygen atoms in total. The quantitative estimate of drug-likeness (QED) is 0.480. The fraction of sp³-hybridized carbons (Fsp3) is 0.231. The number of carbonyl (C=O) groups is 2. The lowest BCUT2D eigenvalue weighted by molar-refractivity contribution is 0.0742. The number of anilines is 2. The van der Waals surface area contributed by atoms with Crippen LogP contribution in [0, 0.1) is 5.82 Å². The third-order valence-electron chi connectivity index (χ3n) is 5.66. The van der Waals surface area contributed by atoms with Crippen LogP contribution in [0.1, 0.15) is 27.6 Å². The summed E-state index contributed by atoms with van der Waals surface area (Å²) in [5, 5.41) is 2.90. The van der Waals surface area contributed by atoms with E-state index in [2.05, 4.69) is 26.1 Å². The molecule has 0 radical (unpaired) electrons. The maximum atomic E-state index is 13.9. The average molecular weight is 526 g/mol. The summed E-state index contributed by atoms with van der Waals surface area (Å²) in [5.41, 5.74) is 2.32. The van der Waals surface area contributed by atoms with Gasteiger partial charge in [-0.05, 0) is 77.5 Å². The van der Waals surface area contributed by atoms with Crippen molar-refractivity contribution in [2.75, 3.05) is 43.0 Å². The van der Waals surface area contributed by atoms with Gasteiger partial charge in [-0.2, -0.15) is 0 Å². The van der Waals surface area contributed by atoms with Crippen LogP contribution in [0.3, 0.4) is 0 Å². The fourth-order valence-corrected chi connectivity index (χ4v) is 4.34. The molecule has 0 unspecified atom stereocenters. The molecule has 8 heteroatoms. The number of ether oxygens (including phenoxy) is 1. The summed E-state index contributed by atoms with van der Waals surface area (Å²) in [5.74, 6) is -0.294. The Labute approximate surface area is 206 Å². The van der Waals surface area contributed by atoms with E-state index in [4.69, 9.17) is 4.74 Å². The van der Waals surface area contributed by atoms with Gasteiger partial charge in [-0.1, -0.05) is 12.1 Å². The number of benzene rings is 3. The Morgan fingerprint density at radius 1 is 1.00 bits per heavy atom. The largest absolute Gasteiger partial charge is 0.493 e. The lowest BCUT2D eigenvalue weighted by atomic mass is 10.1. The molecule has 1 N–H and O–H groups in total. The van der Waals surface area contributed by atoms with Gasteiger partial charge < -0.3 is 19.9 Å². The van der Waals surface area contributed by atoms with Crippen molar-refractivity contribution < 1.29 is 18.7 Å². The molecule has 0 spiro atoms. The van der Waals surface area contributed by atoms with E-state index in [1.807, 2.05) is 31.2 Å². The Kier molecular flexibility index (Phi) is 7.47. The van der Waals surface area contributed by atoms with Gasteiger partial charge in [-0.25, -0.2) is 4.39 Å². The minimum Gasteiger partial charge on any atom is -0.493 e. The summed E-state index contributed by atoms with van der Waals surface area (Å²) in [7, 11) is 0. The standard InChI is InChI=1S/C26H25BrFN3O3/c1-2-34-24-12-7-18(17-22(24)27)25(32)29-19-8-10-20(11-9-19)30-13-15-31(16-14-30)26(33)21-5-3-4-6-23(21)28/h3-12,17H,2,13-16H2,1H3,(H,29,32). The molecule has 1 aliphatic rings. The molecule has 4 rings (SSSR count). The molecular formula is C26H25BrFN3O3. The highest BCUT2D eigenvalue weighted by Gasteiger charge is 2.24. The highest BCUT2D eigenvalue weighted by atomic mass is 79.9. The molecule has 0 bridgehead atoms. The molecule has 2 amide bonds. The van der Waals surface area contributed by atoms with Gasteiger partial charge in [0.25, 0.3) is 11.8 Å². The minimum absolute atomic E-state index is 0.107. The van der Waals surface area contributed by atoms with E-state index in [9.17, 15) is 14.0 Å². The van der Waals surface area contributed by atoms with Crippen LogP contribution in [0.15, 0.2) is 71.2 Å². The monoisotopic (exact) mass is 525 g/mol. The van der Waals surface area contributed by atoms with Crippen LogP contribution in [-0.4, -0.2) is 49.5 Å². The van der Waals surface area contributed by atoms with Crippen molar-refractivity contribution in [1.29, 1.82) is 0 Å². The van der Waals surface area contributed by atoms with E-state index in [0.717, 1.165) is 10.2 Å². The number of halogens is 2. The lowest BCUT2D eigenvalue weighted by Gasteiger charge is -2.36. The lowest BCUT2D eigenvalue weighted by Crippen LogP contribution is -2.49. The van der Waals surface area contributed by atoms with Gasteiger partial charge in [0.1, 0.15) is 11.6 Å². The van der Waals surface area contributed by atoms with Crippen LogP contribution >= 0.6 is 15.9 Å². The smallest absolute Gasteiger partial charge is 0.256 e. The molecule has 3 aromatic carbocycles. The summed E-state index contributed by atoms with van der Waals surface area (Å²) >= 11 is 3.43. The number of rotatable bonds is 6. The first-order valence-electron chi connectivity index (χ1n) is 11.1. The van der Waals surface area contributed by atoms with Crippen LogP contribution in [0.5, 0.6) is 5.75 Å². The van der Waals surface area contributed by atoms with E-state index in [1.54, 1.807) is 35.2 Å². The fourth-order valence-electron chi connectivity index (χ4n) is 3.85. The highest BCUT2D eigenvalue weighted by Crippen LogP contribution is 2.27. The Morgan fingerprint density at radius 2 is 1.71 bits per heavy atom. The number of nitrogens with zero attached hydrogens (tertiary/aromatic N) is 2. The zero-order chi connectivity index (χ0) is 24.1. The van der Waals surface area contributed by atoms with Crippen LogP contribution < -0.4 is 15.0 Å². The second-order valence-corrected chi connectivity index (χ2v) is 8.69. The minimum atomic E-state index is -0.495. The molecule has 0 aromatic heterocycles. The van der Waals surface area contributed by atoms with Gasteiger partial charge in [0.15, 0.2) is 0 Å². The Morgan fingerprint density at radius 3 is 2.35 bits per heavy atom. The van der Waals surface area contributed by atoms with E-state index < -0.39 is 5.82 Å². The third-order valence-corrected chi connectivity index (χ3v) is 6.28. The predicted molar refractivity (Wildman–Crippen MR) is 134 cm³/mol. The van der Waals surface area contributed by atoms with E-state index in [1.165, 1.54) is 12.1 Å². The molecule has 0 saturated carbocycles. The third kappa shape index (κ3) is 5.39. The van der Waals surface area contributed by atoms with E-state index in [-0.39, 0.29) is 17.4 Å². The average Bonchev–Trinajstić information content (AvgIpc) is 2.86. The van der Waals surface area contributed by atoms with Crippen molar-refractivity contribution in [3.8, 4) is 5.75 Å². The summed E-state index contributed by atoms with van der Waals surface area (Å²) in [4.78, 5) is 29.1. The van der Waals surface area contributed by atoms with Gasteiger partial charge in [-0.15, -0.1) is 0 Å². The highest BCUT2D eigenvalue weighted by molar-refractivity contribution is 9.10. The SMILES string of the molecule is CCOc1ccc(C(=O)Nc2ccc(N3CCN(C(=O)c4ccccc4F)CC3)cc2)cc1Br. The summed E-state index contributed by atoms with van der Waals surface area (Å²) < 4.78 is 20.2. The van der Waals surface area contributed by atoms with Gasteiger partial charge in [0, 0.05) is 43.1 Å². The first-order valence-corrected chi connectivity index (χ1v) is 11.9. The molecule has 1 fully saturated rings. The molecule has 176 valence electrons. The van der Waals surface area contributed by atoms with Gasteiger partial charge >= 0.3 is 0 Å².